The van der Waals surface area contributed by atoms with Crippen LogP contribution in [0.15, 0.2) is 4.99 Å². The molecule has 1 saturated heterocycles. The molecule has 1 unspecified atom stereocenters. The number of unbranched alkanes of at least 4 members (excludes halogenated alkanes) is 2. The van der Waals surface area contributed by atoms with E-state index in [1.165, 1.54) is 19.3 Å². The van der Waals surface area contributed by atoms with Gasteiger partial charge in [-0.15, -0.1) is 0 Å². The molecule has 1 fully saturated rings. The minimum atomic E-state index is 0.227. The second kappa shape index (κ2) is 10.0. The van der Waals surface area contributed by atoms with Crippen LogP contribution >= 0.6 is 0 Å². The van der Waals surface area contributed by atoms with Crippen molar-refractivity contribution in [3.8, 4) is 0 Å². The Morgan fingerprint density at radius 1 is 1.32 bits per heavy atom. The van der Waals surface area contributed by atoms with Gasteiger partial charge in [-0.25, -0.2) is 0 Å². The normalized spacial score (nSPS) is 21.4. The highest BCUT2D eigenvalue weighted by molar-refractivity contribution is 5.79. The molecule has 0 aromatic carbocycles. The molecule has 2 N–H and O–H groups in total. The van der Waals surface area contributed by atoms with Crippen LogP contribution in [0.3, 0.4) is 0 Å². The molecule has 0 aromatic heterocycles. The van der Waals surface area contributed by atoms with Crippen molar-refractivity contribution >= 4 is 5.96 Å². The molecule has 112 valence electrons. The molecule has 1 aliphatic heterocycles. The maximum absolute atomic E-state index is 5.72. The Hall–Kier alpha value is -0.810. The number of aliphatic imine (C=N–C) groups is 1. The lowest BCUT2D eigenvalue weighted by molar-refractivity contribution is -0.0136. The number of guanidine groups is 1. The Labute approximate surface area is 117 Å². The third kappa shape index (κ3) is 7.38. The fourth-order valence-electron chi connectivity index (χ4n) is 2.09. The van der Waals surface area contributed by atoms with Crippen LogP contribution in [0.5, 0.6) is 0 Å². The molecule has 0 aliphatic carbocycles. The maximum atomic E-state index is 5.72. The molecule has 1 aliphatic rings. The zero-order valence-corrected chi connectivity index (χ0v) is 12.7. The van der Waals surface area contributed by atoms with Crippen molar-refractivity contribution < 1.29 is 4.74 Å². The van der Waals surface area contributed by atoms with Crippen molar-refractivity contribution in [1.29, 1.82) is 0 Å². The first-order valence-corrected chi connectivity index (χ1v) is 7.58. The van der Waals surface area contributed by atoms with E-state index >= 15 is 0 Å². The Balaban J connectivity index is 2.30. The van der Waals surface area contributed by atoms with Gasteiger partial charge in [-0.2, -0.15) is 0 Å². The fraction of sp³-hybridized carbons (Fsp3) is 0.929. The van der Waals surface area contributed by atoms with Crippen molar-refractivity contribution in [3.05, 3.63) is 0 Å². The molecule has 0 aromatic rings. The van der Waals surface area contributed by atoms with Crippen LogP contribution in [-0.2, 0) is 4.74 Å². The average Bonchev–Trinajstić information content (AvgIpc) is 2.41. The lowest BCUT2D eigenvalue weighted by Gasteiger charge is -2.29. The number of ether oxygens (including phenoxy) is 1. The van der Waals surface area contributed by atoms with Gasteiger partial charge in [-0.3, -0.25) is 4.99 Å². The molecular formula is C14H30N4O. The minimum absolute atomic E-state index is 0.227. The fourth-order valence-corrected chi connectivity index (χ4v) is 2.09. The van der Waals surface area contributed by atoms with Crippen molar-refractivity contribution in [2.75, 3.05) is 46.4 Å². The molecule has 0 spiro atoms. The van der Waals surface area contributed by atoms with Gasteiger partial charge >= 0.3 is 0 Å². The lowest BCUT2D eigenvalue weighted by Crippen LogP contribution is -2.43. The van der Waals surface area contributed by atoms with Crippen LogP contribution < -0.4 is 10.6 Å². The van der Waals surface area contributed by atoms with Gasteiger partial charge in [0.15, 0.2) is 5.96 Å². The van der Waals surface area contributed by atoms with Crippen LogP contribution in [0.4, 0.5) is 0 Å². The molecule has 5 heteroatoms. The summed E-state index contributed by atoms with van der Waals surface area (Å²) >= 11 is 0. The summed E-state index contributed by atoms with van der Waals surface area (Å²) in [6.07, 6.45) is 3.94. The highest BCUT2D eigenvalue weighted by atomic mass is 16.5. The quantitative estimate of drug-likeness (QED) is 0.413. The Kier molecular flexibility index (Phi) is 8.58. The summed E-state index contributed by atoms with van der Waals surface area (Å²) in [5, 5.41) is 6.66. The van der Waals surface area contributed by atoms with Crippen LogP contribution in [0.2, 0.25) is 0 Å². The van der Waals surface area contributed by atoms with E-state index in [-0.39, 0.29) is 6.10 Å². The van der Waals surface area contributed by atoms with Gasteiger partial charge in [0.25, 0.3) is 0 Å². The smallest absolute Gasteiger partial charge is 0.191 e. The van der Waals surface area contributed by atoms with E-state index in [4.69, 9.17) is 4.74 Å². The average molecular weight is 270 g/mol. The summed E-state index contributed by atoms with van der Waals surface area (Å²) in [6.45, 7) is 9.74. The number of nitrogens with one attached hydrogen (secondary N) is 2. The lowest BCUT2D eigenvalue weighted by atomic mass is 10.2. The van der Waals surface area contributed by atoms with Gasteiger partial charge < -0.3 is 20.3 Å². The van der Waals surface area contributed by atoms with Crippen LogP contribution in [-0.4, -0.2) is 63.3 Å². The minimum Gasteiger partial charge on any atom is -0.374 e. The standard InChI is InChI=1S/C14H30N4O/c1-4-6-7-8-16-14(15-5-2)17-11-13-12-18(3)9-10-19-13/h13H,4-12H2,1-3H3,(H2,15,16,17). The molecule has 19 heavy (non-hydrogen) atoms. The van der Waals surface area contributed by atoms with Crippen LogP contribution in [0, 0.1) is 0 Å². The zero-order valence-electron chi connectivity index (χ0n) is 12.7. The van der Waals surface area contributed by atoms with E-state index in [2.05, 4.69) is 41.4 Å². The molecule has 5 nitrogen and oxygen atoms in total. The number of rotatable bonds is 7. The first-order valence-electron chi connectivity index (χ1n) is 7.58. The highest BCUT2D eigenvalue weighted by Crippen LogP contribution is 2.03. The third-order valence-electron chi connectivity index (χ3n) is 3.21. The summed E-state index contributed by atoms with van der Waals surface area (Å²) in [5.41, 5.74) is 0. The van der Waals surface area contributed by atoms with E-state index in [0.29, 0.717) is 0 Å². The molecule has 1 heterocycles. The predicted octanol–water partition coefficient (Wildman–Crippen LogP) is 1.06. The SMILES string of the molecule is CCCCCNC(=NCC1CN(C)CCO1)NCC. The Morgan fingerprint density at radius 2 is 2.16 bits per heavy atom. The van der Waals surface area contributed by atoms with Crippen molar-refractivity contribution in [3.63, 3.8) is 0 Å². The van der Waals surface area contributed by atoms with E-state index in [0.717, 1.165) is 45.3 Å². The molecule has 1 atom stereocenters. The number of morpholine rings is 1. The summed E-state index contributed by atoms with van der Waals surface area (Å²) in [6, 6.07) is 0. The van der Waals surface area contributed by atoms with Gasteiger partial charge in [0.1, 0.15) is 0 Å². The predicted molar refractivity (Wildman–Crippen MR) is 80.7 cm³/mol. The Morgan fingerprint density at radius 3 is 2.84 bits per heavy atom. The summed E-state index contributed by atoms with van der Waals surface area (Å²) in [4.78, 5) is 6.91. The number of hydrogen-bond donors (Lipinski definition) is 2. The summed E-state index contributed by atoms with van der Waals surface area (Å²) < 4.78 is 5.72. The first-order chi connectivity index (χ1) is 9.26. The molecular weight excluding hydrogens is 240 g/mol. The molecule has 0 saturated carbocycles. The number of nitrogens with zero attached hydrogens (tertiary/aromatic N) is 2. The van der Waals surface area contributed by atoms with Crippen LogP contribution in [0.25, 0.3) is 0 Å². The van der Waals surface area contributed by atoms with Crippen molar-refractivity contribution in [2.24, 2.45) is 4.99 Å². The van der Waals surface area contributed by atoms with Gasteiger partial charge in [0.05, 0.1) is 19.3 Å². The molecule has 0 radical (unpaired) electrons. The van der Waals surface area contributed by atoms with Crippen molar-refractivity contribution in [1.82, 2.24) is 15.5 Å². The zero-order chi connectivity index (χ0) is 13.9. The topological polar surface area (TPSA) is 48.9 Å². The molecule has 0 bridgehead atoms. The monoisotopic (exact) mass is 270 g/mol. The van der Waals surface area contributed by atoms with Crippen molar-refractivity contribution in [2.45, 2.75) is 39.2 Å². The van der Waals surface area contributed by atoms with E-state index < -0.39 is 0 Å². The highest BCUT2D eigenvalue weighted by Gasteiger charge is 2.17. The maximum Gasteiger partial charge on any atom is 0.191 e. The summed E-state index contributed by atoms with van der Waals surface area (Å²) in [5.74, 6) is 0.912. The van der Waals surface area contributed by atoms with E-state index in [9.17, 15) is 0 Å². The van der Waals surface area contributed by atoms with Gasteiger partial charge in [-0.1, -0.05) is 19.8 Å². The Bertz CT molecular complexity index is 258. The second-order valence-electron chi connectivity index (χ2n) is 5.11. The van der Waals surface area contributed by atoms with Gasteiger partial charge in [-0.05, 0) is 20.4 Å². The molecule has 1 rings (SSSR count). The van der Waals surface area contributed by atoms with Gasteiger partial charge in [0.2, 0.25) is 0 Å². The number of likely N-dealkylation sites (N-methyl/N-ethyl adjacent to an activating group) is 1. The number of hydrogen-bond acceptors (Lipinski definition) is 3. The summed E-state index contributed by atoms with van der Waals surface area (Å²) in [7, 11) is 2.13. The van der Waals surface area contributed by atoms with Crippen LogP contribution in [0.1, 0.15) is 33.1 Å². The first kappa shape index (κ1) is 16.2. The second-order valence-corrected chi connectivity index (χ2v) is 5.11. The molecule has 0 amide bonds. The van der Waals surface area contributed by atoms with E-state index in [1.807, 2.05) is 0 Å². The van der Waals surface area contributed by atoms with E-state index in [1.54, 1.807) is 0 Å². The third-order valence-corrected chi connectivity index (χ3v) is 3.21. The van der Waals surface area contributed by atoms with Gasteiger partial charge in [0, 0.05) is 26.2 Å². The largest absolute Gasteiger partial charge is 0.374 e.